The first-order valence-electron chi connectivity index (χ1n) is 12.9. The molecule has 1 aromatic rings. The lowest BCUT2D eigenvalue weighted by atomic mass is 9.69. The molecule has 3 aliphatic rings. The molecular formula is C27H40F2O2. The zero-order valence-corrected chi connectivity index (χ0v) is 19.2. The Bertz CT molecular complexity index is 685. The Morgan fingerprint density at radius 1 is 0.742 bits per heavy atom. The molecule has 0 aromatic heterocycles. The lowest BCUT2D eigenvalue weighted by Crippen LogP contribution is -2.27. The van der Waals surface area contributed by atoms with E-state index in [9.17, 15) is 8.78 Å². The standard InChI is InChI=1S/C27H40F2O2/c1-2-5-19-8-12-21(13-9-19)22-14-10-20(11-15-22)18-30-24-16-17-25(27(29)26(24)28)31-23-6-3-4-7-23/h16-17,19-23H,2-15,18H2,1H3. The summed E-state index contributed by atoms with van der Waals surface area (Å²) in [7, 11) is 0. The second-order valence-corrected chi connectivity index (χ2v) is 10.4. The van der Waals surface area contributed by atoms with Crippen LogP contribution in [-0.4, -0.2) is 12.7 Å². The van der Waals surface area contributed by atoms with Gasteiger partial charge in [0.1, 0.15) is 0 Å². The number of hydrogen-bond donors (Lipinski definition) is 0. The van der Waals surface area contributed by atoms with Gasteiger partial charge >= 0.3 is 0 Å². The Hall–Kier alpha value is -1.32. The third-order valence-corrected chi connectivity index (χ3v) is 8.23. The van der Waals surface area contributed by atoms with Crippen molar-refractivity contribution in [2.45, 2.75) is 103 Å². The molecule has 0 radical (unpaired) electrons. The summed E-state index contributed by atoms with van der Waals surface area (Å²) in [6, 6.07) is 3.06. The summed E-state index contributed by atoms with van der Waals surface area (Å²) in [5, 5.41) is 0. The van der Waals surface area contributed by atoms with E-state index in [4.69, 9.17) is 9.47 Å². The third-order valence-electron chi connectivity index (χ3n) is 8.23. The molecule has 0 aliphatic heterocycles. The molecule has 2 nitrogen and oxygen atoms in total. The van der Waals surface area contributed by atoms with Gasteiger partial charge in [-0.25, -0.2) is 0 Å². The molecule has 0 atom stereocenters. The molecule has 0 unspecified atom stereocenters. The van der Waals surface area contributed by atoms with Gasteiger partial charge in [0.15, 0.2) is 11.5 Å². The van der Waals surface area contributed by atoms with E-state index in [0.29, 0.717) is 12.5 Å². The van der Waals surface area contributed by atoms with Gasteiger partial charge in [0.05, 0.1) is 12.7 Å². The molecule has 4 heteroatoms. The van der Waals surface area contributed by atoms with Crippen LogP contribution in [0.3, 0.4) is 0 Å². The van der Waals surface area contributed by atoms with Crippen molar-refractivity contribution in [1.29, 1.82) is 0 Å². The second kappa shape index (κ2) is 11.0. The molecular weight excluding hydrogens is 394 g/mol. The zero-order chi connectivity index (χ0) is 21.6. The molecule has 3 saturated carbocycles. The minimum atomic E-state index is -0.910. The smallest absolute Gasteiger partial charge is 0.204 e. The van der Waals surface area contributed by atoms with Gasteiger partial charge in [0, 0.05) is 0 Å². The number of hydrogen-bond acceptors (Lipinski definition) is 2. The van der Waals surface area contributed by atoms with Crippen LogP contribution in [-0.2, 0) is 0 Å². The van der Waals surface area contributed by atoms with Gasteiger partial charge in [-0.05, 0) is 100 Å². The predicted octanol–water partition coefficient (Wildman–Crippen LogP) is 8.08. The van der Waals surface area contributed by atoms with Gasteiger partial charge in [-0.3, -0.25) is 0 Å². The van der Waals surface area contributed by atoms with E-state index >= 15 is 0 Å². The van der Waals surface area contributed by atoms with Gasteiger partial charge in [-0.2, -0.15) is 8.78 Å². The first-order valence-corrected chi connectivity index (χ1v) is 12.9. The summed E-state index contributed by atoms with van der Waals surface area (Å²) in [4.78, 5) is 0. The summed E-state index contributed by atoms with van der Waals surface area (Å²) in [6.45, 7) is 2.78. The van der Waals surface area contributed by atoms with Crippen LogP contribution in [0.2, 0.25) is 0 Å². The molecule has 0 amide bonds. The van der Waals surface area contributed by atoms with Crippen molar-refractivity contribution in [3.05, 3.63) is 23.8 Å². The van der Waals surface area contributed by atoms with Gasteiger partial charge in [-0.1, -0.05) is 32.6 Å². The van der Waals surface area contributed by atoms with Crippen molar-refractivity contribution in [3.8, 4) is 11.5 Å². The van der Waals surface area contributed by atoms with E-state index < -0.39 is 11.6 Å². The Morgan fingerprint density at radius 2 is 1.29 bits per heavy atom. The van der Waals surface area contributed by atoms with Gasteiger partial charge < -0.3 is 9.47 Å². The Kier molecular flexibility index (Phi) is 8.12. The van der Waals surface area contributed by atoms with Crippen molar-refractivity contribution in [1.82, 2.24) is 0 Å². The fourth-order valence-electron chi connectivity index (χ4n) is 6.29. The van der Waals surface area contributed by atoms with Crippen molar-refractivity contribution in [2.75, 3.05) is 6.61 Å². The molecule has 0 spiro atoms. The van der Waals surface area contributed by atoms with Crippen LogP contribution < -0.4 is 9.47 Å². The maximum atomic E-state index is 14.5. The molecule has 4 rings (SSSR count). The van der Waals surface area contributed by atoms with Crippen molar-refractivity contribution >= 4 is 0 Å². The Labute approximate surface area is 187 Å². The molecule has 0 heterocycles. The highest BCUT2D eigenvalue weighted by Gasteiger charge is 2.31. The summed E-state index contributed by atoms with van der Waals surface area (Å²) >= 11 is 0. The van der Waals surface area contributed by atoms with E-state index in [1.807, 2.05) is 0 Å². The largest absolute Gasteiger partial charge is 0.490 e. The fourth-order valence-corrected chi connectivity index (χ4v) is 6.29. The molecule has 0 saturated heterocycles. The average molecular weight is 435 g/mol. The molecule has 0 bridgehead atoms. The van der Waals surface area contributed by atoms with Gasteiger partial charge in [0.2, 0.25) is 11.6 Å². The van der Waals surface area contributed by atoms with Crippen LogP contribution in [0.25, 0.3) is 0 Å². The average Bonchev–Trinajstić information content (AvgIpc) is 3.31. The van der Waals surface area contributed by atoms with Crippen LogP contribution in [0, 0.1) is 35.3 Å². The van der Waals surface area contributed by atoms with E-state index in [1.165, 1.54) is 63.5 Å². The van der Waals surface area contributed by atoms with Crippen molar-refractivity contribution < 1.29 is 18.3 Å². The molecule has 3 fully saturated rings. The van der Waals surface area contributed by atoms with Gasteiger partial charge in [-0.15, -0.1) is 0 Å². The maximum Gasteiger partial charge on any atom is 0.204 e. The van der Waals surface area contributed by atoms with Crippen LogP contribution >= 0.6 is 0 Å². The number of ether oxygens (including phenoxy) is 2. The first kappa shape index (κ1) is 22.9. The second-order valence-electron chi connectivity index (χ2n) is 10.4. The predicted molar refractivity (Wildman–Crippen MR) is 121 cm³/mol. The number of benzene rings is 1. The highest BCUT2D eigenvalue weighted by molar-refractivity contribution is 5.35. The first-order chi connectivity index (χ1) is 15.1. The molecule has 0 N–H and O–H groups in total. The lowest BCUT2D eigenvalue weighted by molar-refractivity contribution is 0.120. The quantitative estimate of drug-likeness (QED) is 0.412. The van der Waals surface area contributed by atoms with Crippen LogP contribution in [0.15, 0.2) is 12.1 Å². The maximum absolute atomic E-state index is 14.5. The molecule has 31 heavy (non-hydrogen) atoms. The van der Waals surface area contributed by atoms with E-state index in [0.717, 1.165) is 56.3 Å². The topological polar surface area (TPSA) is 18.5 Å². The fraction of sp³-hybridized carbons (Fsp3) is 0.778. The Balaban J connectivity index is 1.21. The van der Waals surface area contributed by atoms with Crippen LogP contribution in [0.1, 0.15) is 96.8 Å². The molecule has 1 aromatic carbocycles. The highest BCUT2D eigenvalue weighted by Crippen LogP contribution is 2.42. The number of halogens is 2. The van der Waals surface area contributed by atoms with Crippen LogP contribution in [0.4, 0.5) is 8.78 Å². The van der Waals surface area contributed by atoms with E-state index in [2.05, 4.69) is 6.92 Å². The van der Waals surface area contributed by atoms with E-state index in [-0.39, 0.29) is 17.6 Å². The minimum absolute atomic E-state index is 0.0116. The van der Waals surface area contributed by atoms with E-state index in [1.54, 1.807) is 0 Å². The minimum Gasteiger partial charge on any atom is -0.490 e. The summed E-state index contributed by atoms with van der Waals surface area (Å²) in [5.41, 5.74) is 0. The Morgan fingerprint density at radius 3 is 1.90 bits per heavy atom. The monoisotopic (exact) mass is 434 g/mol. The zero-order valence-electron chi connectivity index (χ0n) is 19.2. The van der Waals surface area contributed by atoms with Crippen LogP contribution in [0.5, 0.6) is 11.5 Å². The SMILES string of the molecule is CCCC1CCC(C2CCC(COc3ccc(OC4CCCC4)c(F)c3F)CC2)CC1. The lowest BCUT2D eigenvalue weighted by Gasteiger charge is -2.37. The van der Waals surface area contributed by atoms with Gasteiger partial charge in [0.25, 0.3) is 0 Å². The van der Waals surface area contributed by atoms with Crippen molar-refractivity contribution in [3.63, 3.8) is 0 Å². The summed E-state index contributed by atoms with van der Waals surface area (Å²) in [6.07, 6.45) is 17.3. The summed E-state index contributed by atoms with van der Waals surface area (Å²) in [5.74, 6) is 1.41. The van der Waals surface area contributed by atoms with Crippen molar-refractivity contribution in [2.24, 2.45) is 23.7 Å². The summed E-state index contributed by atoms with van der Waals surface area (Å²) < 4.78 is 40.3. The third kappa shape index (κ3) is 5.93. The number of rotatable bonds is 8. The molecule has 174 valence electrons. The molecule has 3 aliphatic carbocycles. The normalized spacial score (nSPS) is 29.8. The highest BCUT2D eigenvalue weighted by atomic mass is 19.2.